The standard InChI is InChI=1S/C14H16N4O2S3/c1-2-12-4-5-13(22-12)23(19,20)16-8-6-11-10-21-14(17-11)18-9-3-7-15-18/h3-5,7,9-10,16H,2,6,8H2,1H3. The predicted molar refractivity (Wildman–Crippen MR) is 91.8 cm³/mol. The van der Waals surface area contributed by atoms with E-state index >= 15 is 0 Å². The summed E-state index contributed by atoms with van der Waals surface area (Å²) in [6.07, 6.45) is 4.91. The Labute approximate surface area is 142 Å². The van der Waals surface area contributed by atoms with Gasteiger partial charge in [0.2, 0.25) is 15.2 Å². The second-order valence-corrected chi connectivity index (χ2v) is 8.79. The molecular formula is C14H16N4O2S3. The first-order valence-corrected chi connectivity index (χ1v) is 10.3. The summed E-state index contributed by atoms with van der Waals surface area (Å²) in [5.74, 6) is 0. The van der Waals surface area contributed by atoms with E-state index in [1.54, 1.807) is 16.9 Å². The second-order valence-electron chi connectivity index (χ2n) is 4.79. The molecule has 0 aliphatic heterocycles. The third-order valence-electron chi connectivity index (χ3n) is 3.16. The van der Waals surface area contributed by atoms with Gasteiger partial charge >= 0.3 is 0 Å². The minimum Gasteiger partial charge on any atom is -0.223 e. The molecular weight excluding hydrogens is 352 g/mol. The van der Waals surface area contributed by atoms with E-state index in [1.807, 2.05) is 30.6 Å². The molecule has 0 fully saturated rings. The summed E-state index contributed by atoms with van der Waals surface area (Å²) in [5, 5.41) is 6.82. The largest absolute Gasteiger partial charge is 0.250 e. The molecule has 0 radical (unpaired) electrons. The van der Waals surface area contributed by atoms with Crippen molar-refractivity contribution in [1.82, 2.24) is 19.5 Å². The van der Waals surface area contributed by atoms with Gasteiger partial charge in [0.15, 0.2) is 0 Å². The first-order valence-electron chi connectivity index (χ1n) is 7.11. The van der Waals surface area contributed by atoms with Crippen LogP contribution in [0.4, 0.5) is 0 Å². The Bertz CT molecular complexity index is 866. The van der Waals surface area contributed by atoms with E-state index in [2.05, 4.69) is 14.8 Å². The second kappa shape index (κ2) is 6.91. The quantitative estimate of drug-likeness (QED) is 0.695. The van der Waals surface area contributed by atoms with Gasteiger partial charge < -0.3 is 0 Å². The van der Waals surface area contributed by atoms with Gasteiger partial charge in [-0.2, -0.15) is 5.10 Å². The monoisotopic (exact) mass is 368 g/mol. The highest BCUT2D eigenvalue weighted by atomic mass is 32.2. The van der Waals surface area contributed by atoms with E-state index in [4.69, 9.17) is 0 Å². The highest BCUT2D eigenvalue weighted by Crippen LogP contribution is 2.21. The van der Waals surface area contributed by atoms with E-state index in [-0.39, 0.29) is 0 Å². The van der Waals surface area contributed by atoms with Crippen molar-refractivity contribution in [3.63, 3.8) is 0 Å². The molecule has 0 aliphatic rings. The number of rotatable bonds is 7. The number of hydrogen-bond acceptors (Lipinski definition) is 6. The molecule has 3 rings (SSSR count). The molecule has 122 valence electrons. The van der Waals surface area contributed by atoms with Crippen molar-refractivity contribution >= 4 is 32.7 Å². The zero-order valence-electron chi connectivity index (χ0n) is 12.5. The Morgan fingerprint density at radius 3 is 2.91 bits per heavy atom. The van der Waals surface area contributed by atoms with Crippen molar-refractivity contribution in [3.8, 4) is 5.13 Å². The number of aryl methyl sites for hydroxylation is 1. The number of thiazole rings is 1. The van der Waals surface area contributed by atoms with Crippen molar-refractivity contribution in [2.75, 3.05) is 6.54 Å². The molecule has 0 unspecified atom stereocenters. The van der Waals surface area contributed by atoms with Gasteiger partial charge in [-0.15, -0.1) is 22.7 Å². The molecule has 6 nitrogen and oxygen atoms in total. The van der Waals surface area contributed by atoms with Crippen LogP contribution in [0.25, 0.3) is 5.13 Å². The maximum absolute atomic E-state index is 12.2. The number of thiophene rings is 1. The first kappa shape index (κ1) is 16.3. The summed E-state index contributed by atoms with van der Waals surface area (Å²) in [7, 11) is -3.43. The summed E-state index contributed by atoms with van der Waals surface area (Å²) in [5.41, 5.74) is 0.851. The molecule has 23 heavy (non-hydrogen) atoms. The lowest BCUT2D eigenvalue weighted by atomic mass is 10.3. The molecule has 0 aliphatic carbocycles. The molecule has 3 aromatic heterocycles. The van der Waals surface area contributed by atoms with Crippen LogP contribution in [0.3, 0.4) is 0 Å². The summed E-state index contributed by atoms with van der Waals surface area (Å²) < 4.78 is 29.1. The fraction of sp³-hybridized carbons (Fsp3) is 0.286. The summed E-state index contributed by atoms with van der Waals surface area (Å²) in [6.45, 7) is 2.33. The maximum atomic E-state index is 12.2. The van der Waals surface area contributed by atoms with Crippen LogP contribution in [-0.4, -0.2) is 29.7 Å². The lowest BCUT2D eigenvalue weighted by molar-refractivity contribution is 0.583. The van der Waals surface area contributed by atoms with Crippen LogP contribution in [0.15, 0.2) is 40.2 Å². The molecule has 9 heteroatoms. The molecule has 0 atom stereocenters. The topological polar surface area (TPSA) is 76.9 Å². The third kappa shape index (κ3) is 3.86. The molecule has 0 saturated carbocycles. The Hall–Kier alpha value is -1.55. The van der Waals surface area contributed by atoms with E-state index in [1.165, 1.54) is 22.7 Å². The van der Waals surface area contributed by atoms with Gasteiger partial charge in [-0.25, -0.2) is 22.8 Å². The van der Waals surface area contributed by atoms with Gasteiger partial charge in [-0.1, -0.05) is 6.92 Å². The summed E-state index contributed by atoms with van der Waals surface area (Å²) in [4.78, 5) is 5.51. The van der Waals surface area contributed by atoms with Gasteiger partial charge in [-0.3, -0.25) is 0 Å². The molecule has 1 N–H and O–H groups in total. The van der Waals surface area contributed by atoms with Crippen molar-refractivity contribution in [2.45, 2.75) is 24.0 Å². The van der Waals surface area contributed by atoms with Gasteiger partial charge in [0.1, 0.15) is 4.21 Å². The van der Waals surface area contributed by atoms with Crippen molar-refractivity contribution < 1.29 is 8.42 Å². The summed E-state index contributed by atoms with van der Waals surface area (Å²) >= 11 is 2.79. The maximum Gasteiger partial charge on any atom is 0.250 e. The minimum absolute atomic E-state index is 0.323. The number of sulfonamides is 1. The van der Waals surface area contributed by atoms with Gasteiger partial charge in [0.05, 0.1) is 5.69 Å². The Morgan fingerprint density at radius 2 is 2.22 bits per heavy atom. The Balaban J connectivity index is 1.58. The van der Waals surface area contributed by atoms with E-state index < -0.39 is 10.0 Å². The Kier molecular flexibility index (Phi) is 4.90. The molecule has 0 bridgehead atoms. The lowest BCUT2D eigenvalue weighted by Gasteiger charge is -2.03. The fourth-order valence-electron chi connectivity index (χ4n) is 1.98. The highest BCUT2D eigenvalue weighted by molar-refractivity contribution is 7.91. The van der Waals surface area contributed by atoms with Gasteiger partial charge in [0.25, 0.3) is 0 Å². The predicted octanol–water partition coefficient (Wildman–Crippen LogP) is 2.47. The molecule has 3 aromatic rings. The zero-order chi connectivity index (χ0) is 16.3. The SMILES string of the molecule is CCc1ccc(S(=O)(=O)NCCc2csc(-n3cccn3)n2)s1. The minimum atomic E-state index is -3.43. The van der Waals surface area contributed by atoms with Crippen LogP contribution in [0, 0.1) is 0 Å². The number of nitrogens with one attached hydrogen (secondary N) is 1. The van der Waals surface area contributed by atoms with Gasteiger partial charge in [0, 0.05) is 35.6 Å². The normalized spacial score (nSPS) is 11.9. The smallest absolute Gasteiger partial charge is 0.223 e. The first-order chi connectivity index (χ1) is 11.1. The lowest BCUT2D eigenvalue weighted by Crippen LogP contribution is -2.25. The average molecular weight is 369 g/mol. The zero-order valence-corrected chi connectivity index (χ0v) is 14.9. The van der Waals surface area contributed by atoms with Crippen LogP contribution in [-0.2, 0) is 22.9 Å². The number of nitrogens with zero attached hydrogens (tertiary/aromatic N) is 3. The van der Waals surface area contributed by atoms with Crippen LogP contribution in [0.1, 0.15) is 17.5 Å². The van der Waals surface area contributed by atoms with E-state index in [0.29, 0.717) is 17.2 Å². The number of hydrogen-bond donors (Lipinski definition) is 1. The highest BCUT2D eigenvalue weighted by Gasteiger charge is 2.16. The average Bonchev–Trinajstić information content (AvgIpc) is 3.27. The van der Waals surface area contributed by atoms with Crippen molar-refractivity contribution in [2.24, 2.45) is 0 Å². The van der Waals surface area contributed by atoms with Crippen molar-refractivity contribution in [1.29, 1.82) is 0 Å². The number of aromatic nitrogens is 3. The van der Waals surface area contributed by atoms with E-state index in [9.17, 15) is 8.42 Å². The third-order valence-corrected chi connectivity index (χ3v) is 7.23. The molecule has 0 aromatic carbocycles. The molecule has 0 amide bonds. The van der Waals surface area contributed by atoms with Crippen LogP contribution >= 0.6 is 22.7 Å². The Morgan fingerprint density at radius 1 is 1.35 bits per heavy atom. The summed E-state index contributed by atoms with van der Waals surface area (Å²) in [6, 6.07) is 5.35. The van der Waals surface area contributed by atoms with E-state index in [0.717, 1.165) is 22.1 Å². The van der Waals surface area contributed by atoms with Crippen molar-refractivity contribution in [3.05, 3.63) is 46.5 Å². The van der Waals surface area contributed by atoms with Gasteiger partial charge in [-0.05, 0) is 24.6 Å². The van der Waals surface area contributed by atoms with Crippen LogP contribution in [0.5, 0.6) is 0 Å². The van der Waals surface area contributed by atoms with Crippen LogP contribution in [0.2, 0.25) is 0 Å². The molecule has 3 heterocycles. The van der Waals surface area contributed by atoms with Crippen LogP contribution < -0.4 is 4.72 Å². The molecule has 0 spiro atoms. The molecule has 0 saturated heterocycles. The fourth-order valence-corrected chi connectivity index (χ4v) is 5.15.